The van der Waals surface area contributed by atoms with Crippen molar-refractivity contribution >= 4 is 5.71 Å². The first kappa shape index (κ1) is 17.9. The van der Waals surface area contributed by atoms with Crippen LogP contribution in [0.5, 0.6) is 0 Å². The van der Waals surface area contributed by atoms with Crippen LogP contribution in [0.4, 0.5) is 4.39 Å². The molecule has 0 N–H and O–H groups in total. The van der Waals surface area contributed by atoms with E-state index in [2.05, 4.69) is 31.0 Å². The number of hydrogen-bond acceptors (Lipinski definition) is 1. The fraction of sp³-hybridized carbons (Fsp3) is 0.350. The van der Waals surface area contributed by atoms with Gasteiger partial charge in [0.15, 0.2) is 0 Å². The van der Waals surface area contributed by atoms with E-state index >= 15 is 0 Å². The minimum Gasteiger partial charge on any atom is -0.252 e. The summed E-state index contributed by atoms with van der Waals surface area (Å²) in [5, 5.41) is 0. The van der Waals surface area contributed by atoms with Crippen LogP contribution in [0.25, 0.3) is 0 Å². The lowest BCUT2D eigenvalue weighted by atomic mass is 9.90. The zero-order valence-electron chi connectivity index (χ0n) is 13.5. The van der Waals surface area contributed by atoms with Gasteiger partial charge in [-0.2, -0.15) is 0 Å². The third-order valence-corrected chi connectivity index (χ3v) is 3.48. The molecule has 116 valence electrons. The lowest BCUT2D eigenvalue weighted by Crippen LogP contribution is -2.16. The summed E-state index contributed by atoms with van der Waals surface area (Å²) >= 11 is 0. The molecule has 2 unspecified atom stereocenters. The van der Waals surface area contributed by atoms with Crippen molar-refractivity contribution in [2.45, 2.75) is 39.3 Å². The highest BCUT2D eigenvalue weighted by molar-refractivity contribution is 6.05. The third-order valence-electron chi connectivity index (χ3n) is 3.48. The molecule has 1 aliphatic heterocycles. The molecule has 1 aliphatic rings. The van der Waals surface area contributed by atoms with Crippen molar-refractivity contribution in [1.82, 2.24) is 0 Å². The number of rotatable bonds is 6. The van der Waals surface area contributed by atoms with Crippen LogP contribution in [0.1, 0.15) is 33.1 Å². The van der Waals surface area contributed by atoms with Crippen LogP contribution < -0.4 is 0 Å². The van der Waals surface area contributed by atoms with Gasteiger partial charge in [-0.1, -0.05) is 55.9 Å². The number of hydrogen-bond donors (Lipinski definition) is 0. The van der Waals surface area contributed by atoms with Gasteiger partial charge in [0.2, 0.25) is 0 Å². The second kappa shape index (κ2) is 9.00. The van der Waals surface area contributed by atoms with Gasteiger partial charge < -0.3 is 0 Å². The average molecular weight is 297 g/mol. The summed E-state index contributed by atoms with van der Waals surface area (Å²) in [5.74, 6) is 2.54. The van der Waals surface area contributed by atoms with E-state index in [9.17, 15) is 4.39 Å². The molecule has 0 fully saturated rings. The van der Waals surface area contributed by atoms with Crippen molar-refractivity contribution in [3.63, 3.8) is 0 Å². The van der Waals surface area contributed by atoms with Crippen LogP contribution in [0.3, 0.4) is 0 Å². The number of allylic oxidation sites excluding steroid dienone is 7. The summed E-state index contributed by atoms with van der Waals surface area (Å²) in [6.45, 7) is 11.3. The molecular formula is C20H24FN. The molecule has 0 aromatic heterocycles. The van der Waals surface area contributed by atoms with E-state index in [0.717, 1.165) is 23.3 Å². The first-order valence-electron chi connectivity index (χ1n) is 7.60. The number of terminal acetylenes is 1. The van der Waals surface area contributed by atoms with Gasteiger partial charge in [-0.15, -0.1) is 6.42 Å². The standard InChI is InChI=1S/C20H24FN/c1-6-9-19(13-10-15(4)21)20-18(8-3)14-17(7-2)12-11-16(5)22-20/h3,6,9,11-12,14-15,18H,1,5,7,10,13H2,2,4H3/b12-11-,17-14+,19-9+,22-20?. The summed E-state index contributed by atoms with van der Waals surface area (Å²) in [5.41, 5.74) is 3.49. The van der Waals surface area contributed by atoms with Crippen LogP contribution in [0.2, 0.25) is 0 Å². The maximum atomic E-state index is 13.2. The van der Waals surface area contributed by atoms with E-state index in [1.165, 1.54) is 0 Å². The zero-order valence-corrected chi connectivity index (χ0v) is 13.5. The summed E-state index contributed by atoms with van der Waals surface area (Å²) in [7, 11) is 0. The first-order chi connectivity index (χ1) is 10.5. The fourth-order valence-electron chi connectivity index (χ4n) is 2.24. The van der Waals surface area contributed by atoms with Crippen molar-refractivity contribution in [2.24, 2.45) is 10.9 Å². The minimum absolute atomic E-state index is 0.238. The molecule has 22 heavy (non-hydrogen) atoms. The molecule has 1 rings (SSSR count). The summed E-state index contributed by atoms with van der Waals surface area (Å²) in [6, 6.07) is 0. The highest BCUT2D eigenvalue weighted by atomic mass is 19.1. The van der Waals surface area contributed by atoms with Gasteiger partial charge in [-0.05, 0) is 37.8 Å². The van der Waals surface area contributed by atoms with Gasteiger partial charge in [0, 0.05) is 0 Å². The first-order valence-corrected chi connectivity index (χ1v) is 7.60. The fourth-order valence-corrected chi connectivity index (χ4v) is 2.24. The lowest BCUT2D eigenvalue weighted by Gasteiger charge is -2.18. The molecule has 0 saturated heterocycles. The van der Waals surface area contributed by atoms with Crippen molar-refractivity contribution in [3.8, 4) is 12.3 Å². The molecular weight excluding hydrogens is 273 g/mol. The van der Waals surface area contributed by atoms with E-state index in [4.69, 9.17) is 6.42 Å². The Morgan fingerprint density at radius 2 is 2.27 bits per heavy atom. The second-order valence-electron chi connectivity index (χ2n) is 5.31. The van der Waals surface area contributed by atoms with E-state index < -0.39 is 6.17 Å². The molecule has 0 radical (unpaired) electrons. The normalized spacial score (nSPS) is 24.2. The van der Waals surface area contributed by atoms with Crippen LogP contribution in [-0.2, 0) is 0 Å². The summed E-state index contributed by atoms with van der Waals surface area (Å²) in [4.78, 5) is 4.56. The topological polar surface area (TPSA) is 12.4 Å². The molecule has 1 nitrogen and oxygen atoms in total. The van der Waals surface area contributed by atoms with Crippen LogP contribution in [0.15, 0.2) is 65.4 Å². The van der Waals surface area contributed by atoms with Crippen molar-refractivity contribution in [1.29, 1.82) is 0 Å². The number of halogens is 1. The lowest BCUT2D eigenvalue weighted by molar-refractivity contribution is 0.342. The smallest absolute Gasteiger partial charge is 0.0976 e. The highest BCUT2D eigenvalue weighted by Crippen LogP contribution is 2.23. The molecule has 0 aromatic carbocycles. The summed E-state index contributed by atoms with van der Waals surface area (Å²) in [6.07, 6.45) is 16.2. The highest BCUT2D eigenvalue weighted by Gasteiger charge is 2.18. The third kappa shape index (κ3) is 5.33. The Morgan fingerprint density at radius 1 is 1.55 bits per heavy atom. The Hall–Kier alpha value is -2.14. The van der Waals surface area contributed by atoms with Crippen molar-refractivity contribution in [3.05, 3.63) is 60.4 Å². The quantitative estimate of drug-likeness (QED) is 0.463. The molecule has 0 saturated carbocycles. The Labute approximate surface area is 133 Å². The van der Waals surface area contributed by atoms with Gasteiger partial charge in [-0.25, -0.2) is 4.39 Å². The largest absolute Gasteiger partial charge is 0.252 e. The Morgan fingerprint density at radius 3 is 2.82 bits per heavy atom. The molecule has 1 heterocycles. The molecule has 0 spiro atoms. The minimum atomic E-state index is -0.864. The second-order valence-corrected chi connectivity index (χ2v) is 5.31. The molecule has 0 aromatic rings. The summed E-state index contributed by atoms with van der Waals surface area (Å²) < 4.78 is 13.2. The Bertz CT molecular complexity index is 579. The molecule has 0 amide bonds. The van der Waals surface area contributed by atoms with E-state index in [0.29, 0.717) is 18.5 Å². The van der Waals surface area contributed by atoms with Gasteiger partial charge in [0.25, 0.3) is 0 Å². The number of alkyl halides is 1. The Kier molecular flexibility index (Phi) is 7.32. The molecule has 2 atom stereocenters. The maximum Gasteiger partial charge on any atom is 0.0976 e. The van der Waals surface area contributed by atoms with Crippen LogP contribution >= 0.6 is 0 Å². The van der Waals surface area contributed by atoms with E-state index in [1.54, 1.807) is 13.0 Å². The molecule has 0 bridgehead atoms. The number of nitrogens with zero attached hydrogens (tertiary/aromatic N) is 1. The van der Waals surface area contributed by atoms with Crippen LogP contribution in [0, 0.1) is 18.3 Å². The Balaban J connectivity index is 3.27. The molecule has 2 heteroatoms. The zero-order chi connectivity index (χ0) is 16.5. The average Bonchev–Trinajstić information content (AvgIpc) is 2.48. The predicted molar refractivity (Wildman–Crippen MR) is 94.5 cm³/mol. The molecule has 0 aliphatic carbocycles. The van der Waals surface area contributed by atoms with Gasteiger partial charge >= 0.3 is 0 Å². The van der Waals surface area contributed by atoms with E-state index in [1.807, 2.05) is 24.3 Å². The van der Waals surface area contributed by atoms with Crippen molar-refractivity contribution in [2.75, 3.05) is 0 Å². The van der Waals surface area contributed by atoms with Gasteiger partial charge in [0.05, 0.1) is 23.5 Å². The van der Waals surface area contributed by atoms with Crippen molar-refractivity contribution < 1.29 is 4.39 Å². The SMILES string of the molecule is C#CC1/C=C(CC)/C=C\C(=C)N=C1/C(=C/C=C)CCC(C)F. The predicted octanol–water partition coefficient (Wildman–Crippen LogP) is 5.35. The maximum absolute atomic E-state index is 13.2. The van der Waals surface area contributed by atoms with Gasteiger partial charge in [-0.3, -0.25) is 4.99 Å². The van der Waals surface area contributed by atoms with E-state index in [-0.39, 0.29) is 5.92 Å². The number of aliphatic imine (C=N–C) groups is 1. The van der Waals surface area contributed by atoms with Gasteiger partial charge in [0.1, 0.15) is 0 Å². The monoisotopic (exact) mass is 297 g/mol. The van der Waals surface area contributed by atoms with Crippen LogP contribution in [-0.4, -0.2) is 11.9 Å².